The van der Waals surface area contributed by atoms with Crippen LogP contribution in [0.4, 0.5) is 0 Å². The minimum atomic E-state index is 0.367. The third-order valence-electron chi connectivity index (χ3n) is 2.47. The highest BCUT2D eigenvalue weighted by Gasteiger charge is 2.12. The summed E-state index contributed by atoms with van der Waals surface area (Å²) in [6.07, 6.45) is 0.750. The number of ether oxygens (including phenoxy) is 1. The lowest BCUT2D eigenvalue weighted by Crippen LogP contribution is -2.05. The highest BCUT2D eigenvalue weighted by molar-refractivity contribution is 6.32. The molecule has 0 heterocycles. The van der Waals surface area contributed by atoms with Gasteiger partial charge in [0.15, 0.2) is 0 Å². The largest absolute Gasteiger partial charge is 0.495 e. The lowest BCUT2D eigenvalue weighted by atomic mass is 9.98. The van der Waals surface area contributed by atoms with E-state index in [1.54, 1.807) is 7.11 Å². The number of hydrogen-bond donors (Lipinski definition) is 1. The molecule has 0 fully saturated rings. The van der Waals surface area contributed by atoms with Gasteiger partial charge in [-0.15, -0.1) is 0 Å². The summed E-state index contributed by atoms with van der Waals surface area (Å²) in [4.78, 5) is 4.57. The maximum Gasteiger partial charge on any atom is 0.140 e. The van der Waals surface area contributed by atoms with Gasteiger partial charge >= 0.3 is 0 Å². The lowest BCUT2D eigenvalue weighted by Gasteiger charge is -2.15. The molecule has 0 atom stereocenters. The topological polar surface area (TPSA) is 44.5 Å². The van der Waals surface area contributed by atoms with Crippen molar-refractivity contribution in [2.24, 2.45) is 5.90 Å². The lowest BCUT2D eigenvalue weighted by molar-refractivity contribution is 0.141. The molecule has 0 unspecified atom stereocenters. The Kier molecular flexibility index (Phi) is 5.06. The van der Waals surface area contributed by atoms with Crippen LogP contribution in [-0.2, 0) is 11.3 Å². The van der Waals surface area contributed by atoms with Crippen molar-refractivity contribution < 1.29 is 9.57 Å². The molecule has 3 nitrogen and oxygen atoms in total. The molecule has 0 aromatic heterocycles. The van der Waals surface area contributed by atoms with E-state index in [1.807, 2.05) is 6.07 Å². The van der Waals surface area contributed by atoms with Crippen LogP contribution in [0, 0.1) is 0 Å². The SMILES string of the molecule is COc1c(Cl)cc(CCON)cc1C(C)C. The van der Waals surface area contributed by atoms with E-state index in [1.165, 1.54) is 0 Å². The summed E-state index contributed by atoms with van der Waals surface area (Å²) in [5.74, 6) is 6.14. The van der Waals surface area contributed by atoms with Crippen LogP contribution >= 0.6 is 11.6 Å². The fraction of sp³-hybridized carbons (Fsp3) is 0.500. The summed E-state index contributed by atoms with van der Waals surface area (Å²) in [5, 5.41) is 0.640. The molecule has 0 spiro atoms. The van der Waals surface area contributed by atoms with Crippen molar-refractivity contribution in [3.05, 3.63) is 28.3 Å². The Morgan fingerprint density at radius 3 is 2.56 bits per heavy atom. The van der Waals surface area contributed by atoms with Crippen molar-refractivity contribution in [1.29, 1.82) is 0 Å². The minimum Gasteiger partial charge on any atom is -0.495 e. The Morgan fingerprint density at radius 1 is 1.38 bits per heavy atom. The van der Waals surface area contributed by atoms with Gasteiger partial charge in [0, 0.05) is 0 Å². The summed E-state index contributed by atoms with van der Waals surface area (Å²) < 4.78 is 5.31. The predicted octanol–water partition coefficient (Wildman–Crippen LogP) is 2.90. The van der Waals surface area contributed by atoms with Crippen molar-refractivity contribution in [3.8, 4) is 5.75 Å². The van der Waals surface area contributed by atoms with E-state index < -0.39 is 0 Å². The molecule has 0 amide bonds. The number of methoxy groups -OCH3 is 1. The van der Waals surface area contributed by atoms with Crippen LogP contribution < -0.4 is 10.6 Å². The van der Waals surface area contributed by atoms with Gasteiger partial charge in [-0.05, 0) is 29.5 Å². The van der Waals surface area contributed by atoms with Crippen molar-refractivity contribution in [3.63, 3.8) is 0 Å². The average molecular weight is 244 g/mol. The molecule has 0 aliphatic heterocycles. The summed E-state index contributed by atoms with van der Waals surface area (Å²) in [5.41, 5.74) is 2.22. The van der Waals surface area contributed by atoms with Crippen molar-refractivity contribution in [1.82, 2.24) is 0 Å². The molecule has 90 valence electrons. The van der Waals surface area contributed by atoms with Crippen LogP contribution in [0.25, 0.3) is 0 Å². The summed E-state index contributed by atoms with van der Waals surface area (Å²) in [7, 11) is 1.63. The van der Waals surface area contributed by atoms with Gasteiger partial charge in [-0.1, -0.05) is 31.5 Å². The molecular formula is C12H18ClNO2. The van der Waals surface area contributed by atoms with Crippen LogP contribution in [0.5, 0.6) is 5.75 Å². The monoisotopic (exact) mass is 243 g/mol. The number of hydrogen-bond acceptors (Lipinski definition) is 3. The normalized spacial score (nSPS) is 10.9. The first-order valence-electron chi connectivity index (χ1n) is 5.28. The van der Waals surface area contributed by atoms with Crippen LogP contribution in [0.15, 0.2) is 12.1 Å². The molecule has 0 saturated heterocycles. The number of rotatable bonds is 5. The molecule has 1 aromatic rings. The first kappa shape index (κ1) is 13.3. The molecule has 4 heteroatoms. The Balaban J connectivity index is 3.07. The Hall–Kier alpha value is -0.770. The first-order valence-corrected chi connectivity index (χ1v) is 5.66. The molecule has 0 aliphatic rings. The van der Waals surface area contributed by atoms with Gasteiger partial charge in [0.25, 0.3) is 0 Å². The standard InChI is InChI=1S/C12H18ClNO2/c1-8(2)10-6-9(4-5-16-14)7-11(13)12(10)15-3/h6-8H,4-5,14H2,1-3H3. The van der Waals surface area contributed by atoms with E-state index in [2.05, 4.69) is 24.8 Å². The zero-order valence-electron chi connectivity index (χ0n) is 9.92. The maximum absolute atomic E-state index is 6.16. The van der Waals surface area contributed by atoms with Gasteiger partial charge in [0.1, 0.15) is 5.75 Å². The van der Waals surface area contributed by atoms with E-state index in [0.29, 0.717) is 17.5 Å². The van der Waals surface area contributed by atoms with Crippen LogP contribution in [0.1, 0.15) is 30.9 Å². The minimum absolute atomic E-state index is 0.367. The number of benzene rings is 1. The van der Waals surface area contributed by atoms with E-state index >= 15 is 0 Å². The van der Waals surface area contributed by atoms with E-state index in [4.69, 9.17) is 22.2 Å². The van der Waals surface area contributed by atoms with E-state index in [0.717, 1.165) is 23.3 Å². The van der Waals surface area contributed by atoms with Gasteiger partial charge in [0.05, 0.1) is 18.7 Å². The maximum atomic E-state index is 6.16. The van der Waals surface area contributed by atoms with Crippen LogP contribution in [0.2, 0.25) is 5.02 Å². The summed E-state index contributed by atoms with van der Waals surface area (Å²) in [6, 6.07) is 3.99. The molecule has 0 bridgehead atoms. The first-order chi connectivity index (χ1) is 7.60. The van der Waals surface area contributed by atoms with Gasteiger partial charge in [0.2, 0.25) is 0 Å². The average Bonchev–Trinajstić information content (AvgIpc) is 2.25. The zero-order chi connectivity index (χ0) is 12.1. The van der Waals surface area contributed by atoms with Gasteiger partial charge in [-0.2, -0.15) is 0 Å². The summed E-state index contributed by atoms with van der Waals surface area (Å²) in [6.45, 7) is 4.70. The zero-order valence-corrected chi connectivity index (χ0v) is 10.7. The molecule has 2 N–H and O–H groups in total. The van der Waals surface area contributed by atoms with Crippen LogP contribution in [-0.4, -0.2) is 13.7 Å². The fourth-order valence-corrected chi connectivity index (χ4v) is 1.96. The van der Waals surface area contributed by atoms with Gasteiger partial charge in [-0.3, -0.25) is 0 Å². The second kappa shape index (κ2) is 6.09. The third kappa shape index (κ3) is 3.11. The predicted molar refractivity (Wildman–Crippen MR) is 65.9 cm³/mol. The van der Waals surface area contributed by atoms with Crippen molar-refractivity contribution in [2.45, 2.75) is 26.2 Å². The Labute approximate surface area is 101 Å². The second-order valence-corrected chi connectivity index (χ2v) is 4.38. The van der Waals surface area contributed by atoms with Gasteiger partial charge < -0.3 is 9.57 Å². The molecular weight excluding hydrogens is 226 g/mol. The quantitative estimate of drug-likeness (QED) is 0.809. The Morgan fingerprint density at radius 2 is 2.06 bits per heavy atom. The van der Waals surface area contributed by atoms with Crippen molar-refractivity contribution in [2.75, 3.05) is 13.7 Å². The molecule has 16 heavy (non-hydrogen) atoms. The summed E-state index contributed by atoms with van der Waals surface area (Å²) >= 11 is 6.16. The molecule has 0 aliphatic carbocycles. The Bertz CT molecular complexity index is 353. The van der Waals surface area contributed by atoms with E-state index in [9.17, 15) is 0 Å². The fourth-order valence-electron chi connectivity index (χ4n) is 1.64. The molecule has 1 aromatic carbocycles. The van der Waals surface area contributed by atoms with Crippen molar-refractivity contribution >= 4 is 11.6 Å². The number of nitrogens with two attached hydrogens (primary N) is 1. The highest BCUT2D eigenvalue weighted by Crippen LogP contribution is 2.34. The van der Waals surface area contributed by atoms with Gasteiger partial charge in [-0.25, -0.2) is 5.90 Å². The molecule has 0 radical (unpaired) electrons. The smallest absolute Gasteiger partial charge is 0.140 e. The highest BCUT2D eigenvalue weighted by atomic mass is 35.5. The van der Waals surface area contributed by atoms with Crippen LogP contribution in [0.3, 0.4) is 0 Å². The molecule has 0 saturated carbocycles. The number of halogens is 1. The van der Waals surface area contributed by atoms with E-state index in [-0.39, 0.29) is 0 Å². The molecule has 1 rings (SSSR count). The second-order valence-electron chi connectivity index (χ2n) is 3.98. The third-order valence-corrected chi connectivity index (χ3v) is 2.75.